The minimum absolute atomic E-state index is 0.0936. The predicted octanol–water partition coefficient (Wildman–Crippen LogP) is 2.70. The van der Waals surface area contributed by atoms with Gasteiger partial charge in [-0.2, -0.15) is 0 Å². The van der Waals surface area contributed by atoms with Gasteiger partial charge in [0.05, 0.1) is 12.6 Å². The molecule has 28 heavy (non-hydrogen) atoms. The van der Waals surface area contributed by atoms with Gasteiger partial charge < -0.3 is 14.4 Å². The molecule has 2 amide bonds. The maximum atomic E-state index is 12.9. The first-order chi connectivity index (χ1) is 13.2. The molecule has 0 unspecified atom stereocenters. The Labute approximate surface area is 165 Å². The van der Waals surface area contributed by atoms with Crippen molar-refractivity contribution in [3.05, 3.63) is 35.9 Å². The summed E-state index contributed by atoms with van der Waals surface area (Å²) in [5.41, 5.74) is -0.0766. The van der Waals surface area contributed by atoms with Crippen molar-refractivity contribution in [2.45, 2.75) is 51.8 Å². The highest BCUT2D eigenvalue weighted by atomic mass is 16.6. The van der Waals surface area contributed by atoms with Gasteiger partial charge in [-0.05, 0) is 46.2 Å². The van der Waals surface area contributed by atoms with Crippen molar-refractivity contribution in [1.82, 2.24) is 9.80 Å². The van der Waals surface area contributed by atoms with Gasteiger partial charge in [0.15, 0.2) is 0 Å². The number of esters is 1. The van der Waals surface area contributed by atoms with E-state index in [2.05, 4.69) is 0 Å². The van der Waals surface area contributed by atoms with Crippen molar-refractivity contribution >= 4 is 18.0 Å². The molecule has 0 saturated carbocycles. The van der Waals surface area contributed by atoms with E-state index < -0.39 is 23.7 Å². The summed E-state index contributed by atoms with van der Waals surface area (Å²) < 4.78 is 10.8. The van der Waals surface area contributed by atoms with Crippen LogP contribution in [0.1, 0.15) is 44.5 Å². The van der Waals surface area contributed by atoms with E-state index in [9.17, 15) is 14.4 Å². The summed E-state index contributed by atoms with van der Waals surface area (Å²) in [6, 6.07) is 8.04. The first kappa shape index (κ1) is 20.2. The van der Waals surface area contributed by atoms with Gasteiger partial charge in [-0.15, -0.1) is 0 Å². The average Bonchev–Trinajstić information content (AvgIpc) is 2.90. The van der Waals surface area contributed by atoms with Crippen LogP contribution in [0.3, 0.4) is 0 Å². The van der Waals surface area contributed by atoms with Crippen LogP contribution in [0.5, 0.6) is 0 Å². The van der Waals surface area contributed by atoms with Gasteiger partial charge >= 0.3 is 12.1 Å². The number of carbonyl (C=O) groups excluding carboxylic acids is 3. The lowest BCUT2D eigenvalue weighted by Crippen LogP contribution is -2.50. The van der Waals surface area contributed by atoms with E-state index in [4.69, 9.17) is 9.47 Å². The zero-order valence-corrected chi connectivity index (χ0v) is 16.9. The van der Waals surface area contributed by atoms with Gasteiger partial charge in [0.2, 0.25) is 0 Å². The molecule has 3 atom stereocenters. The van der Waals surface area contributed by atoms with E-state index in [0.29, 0.717) is 25.1 Å². The Morgan fingerprint density at radius 2 is 1.79 bits per heavy atom. The summed E-state index contributed by atoms with van der Waals surface area (Å²) in [6.45, 7) is 8.13. The van der Waals surface area contributed by atoms with E-state index in [1.807, 2.05) is 18.2 Å². The molecule has 2 bridgehead atoms. The third-order valence-corrected chi connectivity index (χ3v) is 5.04. The fourth-order valence-electron chi connectivity index (χ4n) is 4.04. The highest BCUT2D eigenvalue weighted by Gasteiger charge is 2.53. The largest absolute Gasteiger partial charge is 0.464 e. The number of hydrogen-bond donors (Lipinski definition) is 0. The summed E-state index contributed by atoms with van der Waals surface area (Å²) in [4.78, 5) is 41.6. The summed E-state index contributed by atoms with van der Waals surface area (Å²) in [7, 11) is 0. The van der Waals surface area contributed by atoms with Crippen LogP contribution >= 0.6 is 0 Å². The minimum atomic E-state index is -0.728. The summed E-state index contributed by atoms with van der Waals surface area (Å²) in [5, 5.41) is 0. The van der Waals surface area contributed by atoms with E-state index >= 15 is 0 Å². The molecule has 7 nitrogen and oxygen atoms in total. The molecule has 0 aromatic heterocycles. The zero-order valence-electron chi connectivity index (χ0n) is 16.9. The maximum absolute atomic E-state index is 12.9. The van der Waals surface area contributed by atoms with Crippen molar-refractivity contribution in [3.8, 4) is 0 Å². The molecule has 2 fully saturated rings. The Kier molecular flexibility index (Phi) is 5.63. The molecule has 2 saturated heterocycles. The fourth-order valence-corrected chi connectivity index (χ4v) is 4.04. The van der Waals surface area contributed by atoms with Crippen molar-refractivity contribution < 1.29 is 23.9 Å². The van der Waals surface area contributed by atoms with Crippen LogP contribution in [0.2, 0.25) is 0 Å². The molecule has 2 heterocycles. The Bertz CT molecular complexity index is 743. The molecule has 0 radical (unpaired) electrons. The quantitative estimate of drug-likeness (QED) is 0.744. The van der Waals surface area contributed by atoms with E-state index in [0.717, 1.165) is 0 Å². The normalized spacial score (nSPS) is 24.1. The van der Waals surface area contributed by atoms with Crippen molar-refractivity contribution in [2.75, 3.05) is 19.7 Å². The number of hydrogen-bond acceptors (Lipinski definition) is 5. The number of benzene rings is 1. The van der Waals surface area contributed by atoms with Crippen LogP contribution < -0.4 is 0 Å². The molecular formula is C21H28N2O5. The Hall–Kier alpha value is -2.57. The molecule has 0 N–H and O–H groups in total. The molecule has 152 valence electrons. The van der Waals surface area contributed by atoms with Crippen LogP contribution in [0.15, 0.2) is 30.3 Å². The molecule has 1 aromatic rings. The topological polar surface area (TPSA) is 76.2 Å². The van der Waals surface area contributed by atoms with Gasteiger partial charge in [-0.1, -0.05) is 18.2 Å². The Morgan fingerprint density at radius 1 is 1.11 bits per heavy atom. The molecule has 0 spiro atoms. The van der Waals surface area contributed by atoms with Crippen molar-refractivity contribution in [3.63, 3.8) is 0 Å². The SMILES string of the molecule is CCOC(=O)[C@@H]1[C@@H]2C[C@H](CN(C(=O)c3ccccc3)C2)N1C(=O)OC(C)(C)C. The summed E-state index contributed by atoms with van der Waals surface area (Å²) in [5.74, 6) is -0.697. The van der Waals surface area contributed by atoms with E-state index in [-0.39, 0.29) is 24.5 Å². The van der Waals surface area contributed by atoms with Crippen LogP contribution in [0.25, 0.3) is 0 Å². The molecule has 0 aliphatic carbocycles. The minimum Gasteiger partial charge on any atom is -0.464 e. The van der Waals surface area contributed by atoms with Crippen LogP contribution in [0, 0.1) is 5.92 Å². The van der Waals surface area contributed by atoms with Crippen molar-refractivity contribution in [1.29, 1.82) is 0 Å². The van der Waals surface area contributed by atoms with Crippen molar-refractivity contribution in [2.24, 2.45) is 5.92 Å². The molecule has 2 aliphatic rings. The van der Waals surface area contributed by atoms with Crippen LogP contribution in [-0.4, -0.2) is 65.2 Å². The average molecular weight is 388 g/mol. The lowest BCUT2D eigenvalue weighted by Gasteiger charge is -2.33. The van der Waals surface area contributed by atoms with Crippen LogP contribution in [-0.2, 0) is 14.3 Å². The standard InChI is InChI=1S/C21H28N2O5/c1-5-27-19(25)17-15-11-16(23(17)20(26)28-21(2,3)4)13-22(12-15)18(24)14-9-7-6-8-10-14/h6-10,15-17H,5,11-13H2,1-4H3/t15-,16-,17+/m1/s1. The van der Waals surface area contributed by atoms with Gasteiger partial charge in [0.1, 0.15) is 11.6 Å². The van der Waals surface area contributed by atoms with Gasteiger partial charge in [0, 0.05) is 24.6 Å². The number of likely N-dealkylation sites (tertiary alicyclic amines) is 2. The van der Waals surface area contributed by atoms with Gasteiger partial charge in [-0.25, -0.2) is 9.59 Å². The number of rotatable bonds is 3. The number of piperidine rings is 1. The molecule has 2 aliphatic heterocycles. The summed E-state index contributed by atoms with van der Waals surface area (Å²) in [6.07, 6.45) is 0.119. The Morgan fingerprint density at radius 3 is 2.39 bits per heavy atom. The zero-order chi connectivity index (χ0) is 20.5. The van der Waals surface area contributed by atoms with Gasteiger partial charge in [-0.3, -0.25) is 9.69 Å². The smallest absolute Gasteiger partial charge is 0.411 e. The predicted molar refractivity (Wildman–Crippen MR) is 103 cm³/mol. The molecule has 7 heteroatoms. The monoisotopic (exact) mass is 388 g/mol. The lowest BCUT2D eigenvalue weighted by molar-refractivity contribution is -0.149. The molecule has 3 rings (SSSR count). The number of nitrogens with zero attached hydrogens (tertiary/aromatic N) is 2. The molecular weight excluding hydrogens is 360 g/mol. The van der Waals surface area contributed by atoms with Crippen LogP contribution in [0.4, 0.5) is 4.79 Å². The lowest BCUT2D eigenvalue weighted by atomic mass is 9.94. The Balaban J connectivity index is 1.85. The first-order valence-electron chi connectivity index (χ1n) is 9.73. The number of carbonyl (C=O) groups is 3. The number of ether oxygens (including phenoxy) is 2. The third kappa shape index (κ3) is 4.13. The number of fused-ring (bicyclic) bond motifs is 2. The highest BCUT2D eigenvalue weighted by molar-refractivity contribution is 5.94. The molecule has 1 aromatic carbocycles. The second kappa shape index (κ2) is 7.81. The third-order valence-electron chi connectivity index (χ3n) is 5.04. The summed E-state index contributed by atoms with van der Waals surface area (Å²) >= 11 is 0. The number of amides is 2. The second-order valence-electron chi connectivity index (χ2n) is 8.31. The highest BCUT2D eigenvalue weighted by Crippen LogP contribution is 2.37. The van der Waals surface area contributed by atoms with E-state index in [1.165, 1.54) is 4.90 Å². The second-order valence-corrected chi connectivity index (χ2v) is 8.31. The fraction of sp³-hybridized carbons (Fsp3) is 0.571. The van der Waals surface area contributed by atoms with E-state index in [1.54, 1.807) is 44.7 Å². The first-order valence-corrected chi connectivity index (χ1v) is 9.73. The maximum Gasteiger partial charge on any atom is 0.411 e. The van der Waals surface area contributed by atoms with Gasteiger partial charge in [0.25, 0.3) is 5.91 Å².